The van der Waals surface area contributed by atoms with Gasteiger partial charge in [0.05, 0.1) is 27.9 Å². The Balaban J connectivity index is 2.66. The molecular weight excluding hydrogens is 284 g/mol. The minimum atomic E-state index is -1.27. The molecule has 1 aromatic heterocycles. The summed E-state index contributed by atoms with van der Waals surface area (Å²) in [6.45, 7) is 3.58. The van der Waals surface area contributed by atoms with Crippen LogP contribution in [0.2, 0.25) is 0 Å². The van der Waals surface area contributed by atoms with Gasteiger partial charge in [-0.25, -0.2) is 14.6 Å². The Kier molecular flexibility index (Phi) is 4.50. The van der Waals surface area contributed by atoms with Gasteiger partial charge in [0.15, 0.2) is 0 Å². The first-order valence-corrected chi connectivity index (χ1v) is 6.93. The number of fused-ring (bicyclic) bond motifs is 1. The topological polar surface area (TPSA) is 100 Å². The summed E-state index contributed by atoms with van der Waals surface area (Å²) in [4.78, 5) is 31.4. The summed E-state index contributed by atoms with van der Waals surface area (Å²) < 4.78 is 0. The highest BCUT2D eigenvalue weighted by molar-refractivity contribution is 6.22. The van der Waals surface area contributed by atoms with Crippen LogP contribution in [0, 0.1) is 0 Å². The lowest BCUT2D eigenvalue weighted by molar-refractivity contribution is -0.134. The van der Waals surface area contributed by atoms with E-state index >= 15 is 0 Å². The number of hydrogen-bond donors (Lipinski definition) is 2. The van der Waals surface area contributed by atoms with E-state index in [9.17, 15) is 19.8 Å². The first-order chi connectivity index (χ1) is 10.5. The maximum atomic E-state index is 11.5. The van der Waals surface area contributed by atoms with E-state index in [-0.39, 0.29) is 17.6 Å². The zero-order chi connectivity index (χ0) is 16.3. The van der Waals surface area contributed by atoms with Crippen molar-refractivity contribution in [2.24, 2.45) is 0 Å². The second-order valence-corrected chi connectivity index (χ2v) is 4.74. The van der Waals surface area contributed by atoms with Gasteiger partial charge in [-0.15, -0.1) is 0 Å². The molecule has 114 valence electrons. The number of aliphatic carboxylic acids is 2. The van der Waals surface area contributed by atoms with Crippen LogP contribution in [0.3, 0.4) is 0 Å². The van der Waals surface area contributed by atoms with Gasteiger partial charge in [0.25, 0.3) is 0 Å². The van der Waals surface area contributed by atoms with Gasteiger partial charge in [0.2, 0.25) is 0 Å². The molecule has 0 amide bonds. The predicted octanol–water partition coefficient (Wildman–Crippen LogP) is 2.53. The van der Waals surface area contributed by atoms with Crippen molar-refractivity contribution in [1.29, 1.82) is 0 Å². The van der Waals surface area contributed by atoms with Gasteiger partial charge in [0.1, 0.15) is 0 Å². The van der Waals surface area contributed by atoms with Gasteiger partial charge in [-0.05, 0) is 30.5 Å². The molecule has 0 bridgehead atoms. The second-order valence-electron chi connectivity index (χ2n) is 4.74. The molecule has 0 fully saturated rings. The van der Waals surface area contributed by atoms with E-state index in [1.54, 1.807) is 31.3 Å². The zero-order valence-corrected chi connectivity index (χ0v) is 12.3. The molecule has 0 radical (unpaired) electrons. The van der Waals surface area contributed by atoms with Gasteiger partial charge < -0.3 is 10.2 Å². The summed E-state index contributed by atoms with van der Waals surface area (Å²) in [5.41, 5.74) is 2.01. The summed E-state index contributed by atoms with van der Waals surface area (Å²) >= 11 is 0. The third-order valence-corrected chi connectivity index (χ3v) is 3.37. The van der Waals surface area contributed by atoms with Crippen molar-refractivity contribution in [3.05, 3.63) is 41.2 Å². The Labute approximate surface area is 127 Å². The average Bonchev–Trinajstić information content (AvgIpc) is 2.50. The molecule has 1 heterocycles. The normalized spacial score (nSPS) is 12.1. The highest BCUT2D eigenvalue weighted by atomic mass is 16.4. The van der Waals surface area contributed by atoms with Gasteiger partial charge in [-0.1, -0.05) is 19.9 Å². The summed E-state index contributed by atoms with van der Waals surface area (Å²) in [6.07, 6.45) is 2.51. The fourth-order valence-electron chi connectivity index (χ4n) is 2.24. The Hall–Kier alpha value is -2.76. The predicted molar refractivity (Wildman–Crippen MR) is 81.4 cm³/mol. The molecule has 0 spiro atoms. The number of nitrogens with zero attached hydrogens (tertiary/aromatic N) is 2. The van der Waals surface area contributed by atoms with Crippen LogP contribution >= 0.6 is 0 Å². The lowest BCUT2D eigenvalue weighted by Gasteiger charge is -2.08. The van der Waals surface area contributed by atoms with Gasteiger partial charge in [-0.3, -0.25) is 4.98 Å². The number of carboxylic acid groups (broad SMARTS) is 2. The van der Waals surface area contributed by atoms with Gasteiger partial charge in [-0.2, -0.15) is 0 Å². The number of aryl methyl sites for hydroxylation is 1. The van der Waals surface area contributed by atoms with E-state index in [2.05, 4.69) is 9.97 Å². The number of aromatic nitrogens is 2. The smallest absolute Gasteiger partial charge is 0.336 e. The minimum Gasteiger partial charge on any atom is -0.478 e. The molecule has 0 saturated carbocycles. The van der Waals surface area contributed by atoms with Crippen molar-refractivity contribution in [3.8, 4) is 0 Å². The van der Waals surface area contributed by atoms with Gasteiger partial charge in [0, 0.05) is 6.20 Å². The Bertz CT molecular complexity index is 781. The maximum Gasteiger partial charge on any atom is 0.336 e. The van der Waals surface area contributed by atoms with Crippen LogP contribution in [-0.2, 0) is 16.0 Å². The van der Waals surface area contributed by atoms with Crippen molar-refractivity contribution in [2.75, 3.05) is 0 Å². The monoisotopic (exact) mass is 300 g/mol. The number of rotatable bonds is 5. The first kappa shape index (κ1) is 15.6. The van der Waals surface area contributed by atoms with E-state index in [4.69, 9.17) is 0 Å². The Morgan fingerprint density at radius 1 is 1.09 bits per heavy atom. The third kappa shape index (κ3) is 2.95. The SMILES string of the molecule is CCC(C(=O)O)=C(C(=O)O)c1ccc2nc(CC)cnc2c1. The highest BCUT2D eigenvalue weighted by Crippen LogP contribution is 2.24. The summed E-state index contributed by atoms with van der Waals surface area (Å²) in [6, 6.07) is 4.79. The van der Waals surface area contributed by atoms with E-state index in [0.717, 1.165) is 12.1 Å². The lowest BCUT2D eigenvalue weighted by Crippen LogP contribution is -2.10. The Morgan fingerprint density at radius 3 is 2.36 bits per heavy atom. The number of carboxylic acids is 2. The van der Waals surface area contributed by atoms with E-state index < -0.39 is 11.9 Å². The van der Waals surface area contributed by atoms with Crippen molar-refractivity contribution < 1.29 is 19.8 Å². The zero-order valence-electron chi connectivity index (χ0n) is 12.3. The fraction of sp³-hybridized carbons (Fsp3) is 0.250. The molecule has 0 atom stereocenters. The van der Waals surface area contributed by atoms with Crippen LogP contribution in [-0.4, -0.2) is 32.1 Å². The molecule has 0 aliphatic heterocycles. The van der Waals surface area contributed by atoms with Gasteiger partial charge >= 0.3 is 11.9 Å². The lowest BCUT2D eigenvalue weighted by atomic mass is 9.97. The standard InChI is InChI=1S/C16H16N2O4/c1-3-10-8-17-13-7-9(5-6-12(13)18-10)14(16(21)22)11(4-2)15(19)20/h5-8H,3-4H2,1-2H3,(H,19,20)(H,21,22). The Morgan fingerprint density at radius 2 is 1.82 bits per heavy atom. The molecule has 22 heavy (non-hydrogen) atoms. The largest absolute Gasteiger partial charge is 0.478 e. The summed E-state index contributed by atoms with van der Waals surface area (Å²) in [5, 5.41) is 18.6. The van der Waals surface area contributed by atoms with Crippen LogP contribution in [0.4, 0.5) is 0 Å². The molecule has 0 aliphatic rings. The number of benzene rings is 1. The molecule has 1 aromatic carbocycles. The van der Waals surface area contributed by atoms with Crippen LogP contribution in [0.15, 0.2) is 30.0 Å². The molecule has 2 N–H and O–H groups in total. The fourth-order valence-corrected chi connectivity index (χ4v) is 2.24. The van der Waals surface area contributed by atoms with E-state index in [0.29, 0.717) is 16.6 Å². The quantitative estimate of drug-likeness (QED) is 0.823. The molecule has 0 saturated heterocycles. The van der Waals surface area contributed by atoms with E-state index in [1.807, 2.05) is 6.92 Å². The summed E-state index contributed by atoms with van der Waals surface area (Å²) in [7, 11) is 0. The number of carbonyl (C=O) groups is 2. The molecule has 2 rings (SSSR count). The van der Waals surface area contributed by atoms with Crippen molar-refractivity contribution in [3.63, 3.8) is 0 Å². The van der Waals surface area contributed by atoms with Crippen LogP contribution in [0.5, 0.6) is 0 Å². The summed E-state index contributed by atoms with van der Waals surface area (Å²) in [5.74, 6) is -2.50. The second kappa shape index (κ2) is 6.34. The maximum absolute atomic E-state index is 11.5. The van der Waals surface area contributed by atoms with Crippen molar-refractivity contribution in [1.82, 2.24) is 9.97 Å². The van der Waals surface area contributed by atoms with E-state index in [1.165, 1.54) is 0 Å². The van der Waals surface area contributed by atoms with Crippen LogP contribution in [0.1, 0.15) is 31.5 Å². The number of hydrogen-bond acceptors (Lipinski definition) is 4. The minimum absolute atomic E-state index is 0.120. The average molecular weight is 300 g/mol. The molecule has 6 nitrogen and oxygen atoms in total. The van der Waals surface area contributed by atoms with Crippen LogP contribution < -0.4 is 0 Å². The molecule has 0 aliphatic carbocycles. The van der Waals surface area contributed by atoms with Crippen molar-refractivity contribution in [2.45, 2.75) is 26.7 Å². The molecule has 6 heteroatoms. The molecule has 0 unspecified atom stereocenters. The molecule has 2 aromatic rings. The molecular formula is C16H16N2O4. The third-order valence-electron chi connectivity index (χ3n) is 3.37. The highest BCUT2D eigenvalue weighted by Gasteiger charge is 2.21. The first-order valence-electron chi connectivity index (χ1n) is 6.93. The van der Waals surface area contributed by atoms with Crippen molar-refractivity contribution >= 4 is 28.5 Å². The van der Waals surface area contributed by atoms with Crippen LogP contribution in [0.25, 0.3) is 16.6 Å².